The van der Waals surface area contributed by atoms with Gasteiger partial charge in [-0.25, -0.2) is 9.97 Å². The summed E-state index contributed by atoms with van der Waals surface area (Å²) in [7, 11) is 0. The molecule has 0 aliphatic rings. The van der Waals surface area contributed by atoms with Gasteiger partial charge in [0.25, 0.3) is 6.20 Å². The molecule has 0 saturated heterocycles. The fraction of sp³-hybridized carbons (Fsp3) is 0. The zero-order valence-electron chi connectivity index (χ0n) is 7.78. The number of nitro groups is 1. The van der Waals surface area contributed by atoms with Crippen molar-refractivity contribution < 1.29 is 4.92 Å². The van der Waals surface area contributed by atoms with E-state index in [4.69, 9.17) is 11.6 Å². The predicted octanol–water partition coefficient (Wildman–Crippen LogP) is 2.12. The highest BCUT2D eigenvalue weighted by Gasteiger charge is 2.12. The van der Waals surface area contributed by atoms with Gasteiger partial charge >= 0.3 is 0 Å². The molecule has 0 radical (unpaired) electrons. The van der Waals surface area contributed by atoms with E-state index in [1.54, 1.807) is 6.20 Å². The molecule has 82 valence electrons. The van der Waals surface area contributed by atoms with Crippen LogP contribution in [-0.2, 0) is 0 Å². The minimum Gasteiger partial charge on any atom is -0.300 e. The molecule has 2 aromatic rings. The molecule has 0 N–H and O–H groups in total. The first kappa shape index (κ1) is 10.8. The lowest BCUT2D eigenvalue weighted by atomic mass is 10.4. The van der Waals surface area contributed by atoms with E-state index in [0.29, 0.717) is 15.0 Å². The van der Waals surface area contributed by atoms with Gasteiger partial charge in [-0.05, 0) is 0 Å². The number of rotatable bonds is 3. The number of hydrogen-bond donors (Lipinski definition) is 0. The lowest BCUT2D eigenvalue weighted by molar-refractivity contribution is -0.401. The fourth-order valence-corrected chi connectivity index (χ4v) is 2.08. The van der Waals surface area contributed by atoms with Gasteiger partial charge in [-0.2, -0.15) is 0 Å². The maximum Gasteiger partial charge on any atom is 0.259 e. The molecule has 2 heterocycles. The molecule has 0 aliphatic heterocycles. The van der Waals surface area contributed by atoms with Crippen LogP contribution < -0.4 is 0 Å². The van der Waals surface area contributed by atoms with Crippen molar-refractivity contribution in [2.24, 2.45) is 0 Å². The Morgan fingerprint density at radius 2 is 2.50 bits per heavy atom. The lowest BCUT2D eigenvalue weighted by Gasteiger charge is -2.00. The molecule has 0 aliphatic carbocycles. The molecule has 8 heteroatoms. The Morgan fingerprint density at radius 3 is 3.00 bits per heavy atom. The zero-order chi connectivity index (χ0) is 11.5. The van der Waals surface area contributed by atoms with Crippen LogP contribution >= 0.6 is 22.9 Å². The second-order valence-corrected chi connectivity index (χ2v) is 4.36. The smallest absolute Gasteiger partial charge is 0.259 e. The molecule has 0 aromatic carbocycles. The average Bonchev–Trinajstić information content (AvgIpc) is 2.84. The number of thiazole rings is 1. The normalized spacial score (nSPS) is 11.7. The van der Waals surface area contributed by atoms with Crippen LogP contribution in [0.2, 0.25) is 4.47 Å². The molecule has 0 amide bonds. The Hall–Kier alpha value is -1.73. The molecule has 0 saturated carbocycles. The fourth-order valence-electron chi connectivity index (χ4n) is 1.13. The molecule has 0 spiro atoms. The van der Waals surface area contributed by atoms with Crippen molar-refractivity contribution in [3.05, 3.63) is 50.6 Å². The Balaban J connectivity index is 2.48. The number of aromatic nitrogens is 3. The summed E-state index contributed by atoms with van der Waals surface area (Å²) >= 11 is 6.86. The van der Waals surface area contributed by atoms with E-state index < -0.39 is 4.92 Å². The summed E-state index contributed by atoms with van der Waals surface area (Å²) in [5, 5.41) is 10.5. The van der Waals surface area contributed by atoms with E-state index in [9.17, 15) is 10.1 Å². The standard InChI is InChI=1S/C8H5ClN4O2S/c9-8-11-3-7(16-8)6(4-13(14)15)12-2-1-10-5-12/h1-5H/b6-4-. The topological polar surface area (TPSA) is 73.8 Å². The van der Waals surface area contributed by atoms with E-state index in [1.807, 2.05) is 0 Å². The summed E-state index contributed by atoms with van der Waals surface area (Å²) in [6.45, 7) is 0. The van der Waals surface area contributed by atoms with Gasteiger partial charge in [-0.15, -0.1) is 11.3 Å². The minimum absolute atomic E-state index is 0.337. The van der Waals surface area contributed by atoms with Crippen molar-refractivity contribution >= 4 is 28.6 Å². The van der Waals surface area contributed by atoms with Gasteiger partial charge in [0.05, 0.1) is 16.1 Å². The summed E-state index contributed by atoms with van der Waals surface area (Å²) in [4.78, 5) is 18.3. The highest BCUT2D eigenvalue weighted by molar-refractivity contribution is 7.16. The third-order valence-corrected chi connectivity index (χ3v) is 2.88. The quantitative estimate of drug-likeness (QED) is 0.623. The molecular formula is C8H5ClN4O2S. The lowest BCUT2D eigenvalue weighted by Crippen LogP contribution is -1.97. The molecular weight excluding hydrogens is 252 g/mol. The van der Waals surface area contributed by atoms with Crippen LogP contribution in [0.5, 0.6) is 0 Å². The monoisotopic (exact) mass is 256 g/mol. The third kappa shape index (κ3) is 2.26. The van der Waals surface area contributed by atoms with E-state index in [1.165, 1.54) is 34.6 Å². The van der Waals surface area contributed by atoms with Crippen molar-refractivity contribution in [3.63, 3.8) is 0 Å². The van der Waals surface area contributed by atoms with E-state index >= 15 is 0 Å². The van der Waals surface area contributed by atoms with Crippen molar-refractivity contribution in [2.45, 2.75) is 0 Å². The van der Waals surface area contributed by atoms with Crippen LogP contribution in [0.15, 0.2) is 31.1 Å². The molecule has 2 rings (SSSR count). The molecule has 0 bridgehead atoms. The number of halogens is 1. The zero-order valence-corrected chi connectivity index (χ0v) is 9.35. The van der Waals surface area contributed by atoms with E-state index in [0.717, 1.165) is 6.20 Å². The van der Waals surface area contributed by atoms with Crippen LogP contribution in [0, 0.1) is 10.1 Å². The van der Waals surface area contributed by atoms with Crippen LogP contribution in [0.1, 0.15) is 4.88 Å². The summed E-state index contributed by atoms with van der Waals surface area (Å²) in [6, 6.07) is 0. The summed E-state index contributed by atoms with van der Waals surface area (Å²) in [5.41, 5.74) is 0.381. The molecule has 0 atom stereocenters. The van der Waals surface area contributed by atoms with E-state index in [2.05, 4.69) is 9.97 Å². The molecule has 0 unspecified atom stereocenters. The second-order valence-electron chi connectivity index (χ2n) is 2.75. The van der Waals surface area contributed by atoms with Crippen LogP contribution in [0.3, 0.4) is 0 Å². The predicted molar refractivity (Wildman–Crippen MR) is 59.7 cm³/mol. The molecule has 6 nitrogen and oxygen atoms in total. The number of hydrogen-bond acceptors (Lipinski definition) is 5. The van der Waals surface area contributed by atoms with Crippen molar-refractivity contribution in [2.75, 3.05) is 0 Å². The van der Waals surface area contributed by atoms with Crippen molar-refractivity contribution in [3.8, 4) is 0 Å². The largest absolute Gasteiger partial charge is 0.300 e. The first-order valence-electron chi connectivity index (χ1n) is 4.12. The first-order valence-corrected chi connectivity index (χ1v) is 5.31. The van der Waals surface area contributed by atoms with Crippen molar-refractivity contribution in [1.29, 1.82) is 0 Å². The van der Waals surface area contributed by atoms with Gasteiger partial charge < -0.3 is 0 Å². The highest BCUT2D eigenvalue weighted by atomic mass is 35.5. The molecule has 0 fully saturated rings. The SMILES string of the molecule is O=[N+]([O-])/C=C(/c1cnc(Cl)s1)n1ccnc1. The first-order chi connectivity index (χ1) is 7.66. The average molecular weight is 257 g/mol. The Labute approximate surface area is 99.0 Å². The Morgan fingerprint density at radius 1 is 1.69 bits per heavy atom. The maximum atomic E-state index is 10.5. The summed E-state index contributed by atoms with van der Waals surface area (Å²) < 4.78 is 1.87. The number of nitrogens with zero attached hydrogens (tertiary/aromatic N) is 4. The van der Waals surface area contributed by atoms with Crippen LogP contribution in [0.4, 0.5) is 0 Å². The van der Waals surface area contributed by atoms with Gasteiger partial charge in [0.1, 0.15) is 5.70 Å². The summed E-state index contributed by atoms with van der Waals surface area (Å²) in [6.07, 6.45) is 7.01. The van der Waals surface area contributed by atoms with Gasteiger partial charge in [0.15, 0.2) is 4.47 Å². The van der Waals surface area contributed by atoms with Gasteiger partial charge in [0, 0.05) is 18.6 Å². The minimum atomic E-state index is -0.525. The Kier molecular flexibility index (Phi) is 2.97. The van der Waals surface area contributed by atoms with Crippen LogP contribution in [0.25, 0.3) is 5.70 Å². The highest BCUT2D eigenvalue weighted by Crippen LogP contribution is 2.26. The summed E-state index contributed by atoms with van der Waals surface area (Å²) in [5.74, 6) is 0. The van der Waals surface area contributed by atoms with Gasteiger partial charge in [-0.1, -0.05) is 11.6 Å². The van der Waals surface area contributed by atoms with Crippen molar-refractivity contribution in [1.82, 2.24) is 14.5 Å². The number of imidazole rings is 1. The third-order valence-electron chi connectivity index (χ3n) is 1.74. The van der Waals surface area contributed by atoms with Gasteiger partial charge in [0.2, 0.25) is 0 Å². The van der Waals surface area contributed by atoms with E-state index in [-0.39, 0.29) is 0 Å². The maximum absolute atomic E-state index is 10.5. The Bertz CT molecular complexity index is 534. The molecule has 16 heavy (non-hydrogen) atoms. The van der Waals surface area contributed by atoms with Crippen LogP contribution in [-0.4, -0.2) is 19.5 Å². The second kappa shape index (κ2) is 4.42. The van der Waals surface area contributed by atoms with Gasteiger partial charge in [-0.3, -0.25) is 14.7 Å². The molecule has 2 aromatic heterocycles.